The molecule has 0 radical (unpaired) electrons. The first-order chi connectivity index (χ1) is 11.5. The highest BCUT2D eigenvalue weighted by Crippen LogP contribution is 2.39. The number of carbonyl (C=O) groups excluding carboxylic acids is 2. The molecule has 1 heterocycles. The van der Waals surface area contributed by atoms with Crippen LogP contribution in [0, 0.1) is 11.8 Å². The molecule has 1 aliphatic heterocycles. The highest BCUT2D eigenvalue weighted by molar-refractivity contribution is 5.99. The molecule has 0 aromatic heterocycles. The topological polar surface area (TPSA) is 70.7 Å². The molecule has 2 fully saturated rings. The standard InChI is InChI=1S/C18H25N3O3/c1-21(2)13-7-5-12(6-8-13)20-18(23)16-10-15(16)17(22)19-11-14-4-3-9-24-14/h5-8,14-16H,3-4,9-11H2,1-2H3,(H,19,22)(H,20,23). The lowest BCUT2D eigenvalue weighted by molar-refractivity contribution is -0.125. The fourth-order valence-electron chi connectivity index (χ4n) is 3.00. The Hall–Kier alpha value is -2.08. The molecule has 0 spiro atoms. The molecule has 6 nitrogen and oxygen atoms in total. The summed E-state index contributed by atoms with van der Waals surface area (Å²) in [4.78, 5) is 26.3. The molecule has 1 aromatic rings. The second-order valence-corrected chi connectivity index (χ2v) is 6.76. The number of rotatable bonds is 6. The van der Waals surface area contributed by atoms with Crippen molar-refractivity contribution in [3.63, 3.8) is 0 Å². The van der Waals surface area contributed by atoms with Crippen LogP contribution in [0.2, 0.25) is 0 Å². The predicted molar refractivity (Wildman–Crippen MR) is 93.0 cm³/mol. The summed E-state index contributed by atoms with van der Waals surface area (Å²) in [5.74, 6) is -0.533. The van der Waals surface area contributed by atoms with Crippen LogP contribution in [0.1, 0.15) is 19.3 Å². The second-order valence-electron chi connectivity index (χ2n) is 6.76. The van der Waals surface area contributed by atoms with Crippen LogP contribution in [0.3, 0.4) is 0 Å². The van der Waals surface area contributed by atoms with Crippen LogP contribution >= 0.6 is 0 Å². The summed E-state index contributed by atoms with van der Waals surface area (Å²) in [5.41, 5.74) is 1.84. The van der Waals surface area contributed by atoms with Gasteiger partial charge >= 0.3 is 0 Å². The smallest absolute Gasteiger partial charge is 0.228 e. The maximum atomic E-state index is 12.2. The third-order valence-corrected chi connectivity index (χ3v) is 4.64. The number of nitrogens with one attached hydrogen (secondary N) is 2. The third-order valence-electron chi connectivity index (χ3n) is 4.64. The molecule has 3 atom stereocenters. The number of hydrogen-bond acceptors (Lipinski definition) is 4. The summed E-state index contributed by atoms with van der Waals surface area (Å²) >= 11 is 0. The molecule has 24 heavy (non-hydrogen) atoms. The Morgan fingerprint density at radius 1 is 1.17 bits per heavy atom. The summed E-state index contributed by atoms with van der Waals surface area (Å²) in [6, 6.07) is 7.66. The van der Waals surface area contributed by atoms with Gasteiger partial charge in [-0.15, -0.1) is 0 Å². The molecule has 130 valence electrons. The average Bonchev–Trinajstić information content (AvgIpc) is 3.21. The van der Waals surface area contributed by atoms with E-state index in [1.54, 1.807) is 0 Å². The summed E-state index contributed by atoms with van der Waals surface area (Å²) in [6.45, 7) is 1.33. The Balaban J connectivity index is 1.44. The van der Waals surface area contributed by atoms with Gasteiger partial charge in [0.25, 0.3) is 0 Å². The molecular formula is C18H25N3O3. The van der Waals surface area contributed by atoms with E-state index in [1.165, 1.54) is 0 Å². The van der Waals surface area contributed by atoms with Gasteiger partial charge < -0.3 is 20.3 Å². The minimum atomic E-state index is -0.219. The van der Waals surface area contributed by atoms with Crippen molar-refractivity contribution in [2.24, 2.45) is 11.8 Å². The van der Waals surface area contributed by atoms with Gasteiger partial charge in [0.1, 0.15) is 0 Å². The molecular weight excluding hydrogens is 306 g/mol. The van der Waals surface area contributed by atoms with Crippen LogP contribution < -0.4 is 15.5 Å². The van der Waals surface area contributed by atoms with Crippen molar-refractivity contribution in [2.45, 2.75) is 25.4 Å². The van der Waals surface area contributed by atoms with Crippen LogP contribution in [0.25, 0.3) is 0 Å². The first kappa shape index (κ1) is 16.8. The van der Waals surface area contributed by atoms with Gasteiger partial charge in [0.2, 0.25) is 11.8 Å². The molecule has 2 N–H and O–H groups in total. The highest BCUT2D eigenvalue weighted by atomic mass is 16.5. The lowest BCUT2D eigenvalue weighted by Crippen LogP contribution is -2.33. The lowest BCUT2D eigenvalue weighted by Gasteiger charge is -2.13. The fraction of sp³-hybridized carbons (Fsp3) is 0.556. The van der Waals surface area contributed by atoms with Crippen molar-refractivity contribution in [3.05, 3.63) is 24.3 Å². The van der Waals surface area contributed by atoms with Gasteiger partial charge in [-0.2, -0.15) is 0 Å². The Bertz CT molecular complexity index is 594. The van der Waals surface area contributed by atoms with Crippen LogP contribution in [0.4, 0.5) is 11.4 Å². The van der Waals surface area contributed by atoms with Crippen LogP contribution in [-0.2, 0) is 14.3 Å². The van der Waals surface area contributed by atoms with Crippen LogP contribution in [0.15, 0.2) is 24.3 Å². The number of hydrogen-bond donors (Lipinski definition) is 2. The van der Waals surface area contributed by atoms with E-state index in [4.69, 9.17) is 4.74 Å². The molecule has 3 rings (SSSR count). The molecule has 1 aliphatic carbocycles. The number of ether oxygens (including phenoxy) is 1. The number of nitrogens with zero attached hydrogens (tertiary/aromatic N) is 1. The average molecular weight is 331 g/mol. The van der Waals surface area contributed by atoms with Crippen molar-refractivity contribution in [2.75, 3.05) is 37.5 Å². The molecule has 1 aromatic carbocycles. The molecule has 2 amide bonds. The van der Waals surface area contributed by atoms with Gasteiger partial charge in [-0.25, -0.2) is 0 Å². The molecule has 1 saturated heterocycles. The van der Waals surface area contributed by atoms with E-state index >= 15 is 0 Å². The third kappa shape index (κ3) is 4.06. The monoisotopic (exact) mass is 331 g/mol. The largest absolute Gasteiger partial charge is 0.378 e. The normalized spacial score (nSPS) is 25.2. The quantitative estimate of drug-likeness (QED) is 0.831. The minimum absolute atomic E-state index is 0.0337. The van der Waals surface area contributed by atoms with Gasteiger partial charge in [-0.1, -0.05) is 0 Å². The van der Waals surface area contributed by atoms with Crippen molar-refractivity contribution in [1.29, 1.82) is 0 Å². The second kappa shape index (κ2) is 7.21. The first-order valence-electron chi connectivity index (χ1n) is 8.52. The zero-order valence-corrected chi connectivity index (χ0v) is 14.2. The number of benzene rings is 1. The first-order valence-corrected chi connectivity index (χ1v) is 8.52. The zero-order chi connectivity index (χ0) is 17.1. The van der Waals surface area contributed by atoms with E-state index < -0.39 is 0 Å². The molecule has 6 heteroatoms. The van der Waals surface area contributed by atoms with E-state index in [-0.39, 0.29) is 29.8 Å². The Kier molecular flexibility index (Phi) is 5.04. The highest BCUT2D eigenvalue weighted by Gasteiger charge is 2.48. The molecule has 0 bridgehead atoms. The van der Waals surface area contributed by atoms with Gasteiger partial charge in [0, 0.05) is 38.6 Å². The Labute approximate surface area is 142 Å². The minimum Gasteiger partial charge on any atom is -0.378 e. The van der Waals surface area contributed by atoms with Gasteiger partial charge in [0.15, 0.2) is 0 Å². The van der Waals surface area contributed by atoms with Crippen LogP contribution in [0.5, 0.6) is 0 Å². The number of amides is 2. The van der Waals surface area contributed by atoms with Gasteiger partial charge in [-0.05, 0) is 43.5 Å². The summed E-state index contributed by atoms with van der Waals surface area (Å²) in [6.07, 6.45) is 2.81. The number of anilines is 2. The molecule has 3 unspecified atom stereocenters. The van der Waals surface area contributed by atoms with Gasteiger partial charge in [-0.3, -0.25) is 9.59 Å². The van der Waals surface area contributed by atoms with E-state index in [0.29, 0.717) is 13.0 Å². The molecule has 2 aliphatic rings. The van der Waals surface area contributed by atoms with E-state index in [1.807, 2.05) is 43.3 Å². The maximum Gasteiger partial charge on any atom is 0.228 e. The Morgan fingerprint density at radius 3 is 2.50 bits per heavy atom. The van der Waals surface area contributed by atoms with E-state index in [2.05, 4.69) is 10.6 Å². The molecule has 1 saturated carbocycles. The SMILES string of the molecule is CN(C)c1ccc(NC(=O)C2CC2C(=O)NCC2CCCO2)cc1. The summed E-state index contributed by atoms with van der Waals surface area (Å²) < 4.78 is 5.49. The lowest BCUT2D eigenvalue weighted by atomic mass is 10.2. The van der Waals surface area contributed by atoms with Crippen molar-refractivity contribution in [3.8, 4) is 0 Å². The van der Waals surface area contributed by atoms with E-state index in [0.717, 1.165) is 30.8 Å². The van der Waals surface area contributed by atoms with Crippen molar-refractivity contribution in [1.82, 2.24) is 5.32 Å². The van der Waals surface area contributed by atoms with Gasteiger partial charge in [0.05, 0.1) is 17.9 Å². The number of carbonyl (C=O) groups is 2. The van der Waals surface area contributed by atoms with Crippen molar-refractivity contribution >= 4 is 23.2 Å². The predicted octanol–water partition coefficient (Wildman–Crippen LogP) is 1.62. The van der Waals surface area contributed by atoms with Crippen molar-refractivity contribution < 1.29 is 14.3 Å². The Morgan fingerprint density at radius 2 is 1.88 bits per heavy atom. The zero-order valence-electron chi connectivity index (χ0n) is 14.2. The summed E-state index contributed by atoms with van der Waals surface area (Å²) in [5, 5.41) is 5.80. The maximum absolute atomic E-state index is 12.2. The fourth-order valence-corrected chi connectivity index (χ4v) is 3.00. The van der Waals surface area contributed by atoms with E-state index in [9.17, 15) is 9.59 Å². The summed E-state index contributed by atoms with van der Waals surface area (Å²) in [7, 11) is 3.94. The van der Waals surface area contributed by atoms with Crippen LogP contribution in [-0.4, -0.2) is 45.2 Å².